The molecule has 4 aliphatic rings. The molecule has 0 spiro atoms. The lowest BCUT2D eigenvalue weighted by atomic mass is 10.1. The first-order valence-corrected chi connectivity index (χ1v) is 50.2. The van der Waals surface area contributed by atoms with Crippen LogP contribution in [0.15, 0.2) is 224 Å². The molecule has 30 nitrogen and oxygen atoms in total. The van der Waals surface area contributed by atoms with Crippen LogP contribution in [0.3, 0.4) is 0 Å². The molecule has 5 atom stereocenters. The van der Waals surface area contributed by atoms with Gasteiger partial charge >= 0.3 is 60.2 Å². The maximum absolute atomic E-state index is 12.6. The second-order valence-electron chi connectivity index (χ2n) is 35.9. The van der Waals surface area contributed by atoms with E-state index in [9.17, 15) is 57.8 Å². The number of esters is 5. The van der Waals surface area contributed by atoms with Crippen LogP contribution >= 0.6 is 47.8 Å². The van der Waals surface area contributed by atoms with Gasteiger partial charge in [-0.1, -0.05) is 266 Å². The molecular weight excluding hydrogens is 1990 g/mol. The van der Waals surface area contributed by atoms with Crippen molar-refractivity contribution in [1.82, 2.24) is 45.3 Å². The molecule has 0 aromatic heterocycles. The fourth-order valence-electron chi connectivity index (χ4n) is 14.4. The summed E-state index contributed by atoms with van der Waals surface area (Å²) < 4.78 is 45.1. The smallest absolute Gasteiger partial charge is 0.410 e. The first kappa shape index (κ1) is 119. The fourth-order valence-corrected chi connectivity index (χ4v) is 16.2. The van der Waals surface area contributed by atoms with Gasteiger partial charge in [0.15, 0.2) is 5.78 Å². The monoisotopic (exact) mass is 2130 g/mol. The van der Waals surface area contributed by atoms with Crippen LogP contribution in [0.5, 0.6) is 0 Å². The van der Waals surface area contributed by atoms with E-state index in [1.165, 1.54) is 97.0 Å². The number of amides is 4. The average molecular weight is 2130 g/mol. The van der Waals surface area contributed by atoms with Crippen LogP contribution < -0.4 is 16.0 Å². The van der Waals surface area contributed by atoms with E-state index in [4.69, 9.17) is 33.2 Å². The van der Waals surface area contributed by atoms with Gasteiger partial charge in [-0.3, -0.25) is 43.6 Å². The van der Waals surface area contributed by atoms with E-state index >= 15 is 0 Å². The van der Waals surface area contributed by atoms with Crippen LogP contribution in [-0.4, -0.2) is 270 Å². The molecule has 4 saturated heterocycles. The number of carbonyl (C=O) groups is 11. The van der Waals surface area contributed by atoms with Crippen LogP contribution in [0.25, 0.3) is 10.8 Å². The normalized spacial score (nSPS) is 16.2. The van der Waals surface area contributed by atoms with Crippen molar-refractivity contribution in [2.75, 3.05) is 124 Å². The number of alkyl halides is 3. The Balaban J connectivity index is 0.000000292. The Labute approximate surface area is 851 Å². The summed E-state index contributed by atoms with van der Waals surface area (Å²) in [5, 5.41) is 22.7. The number of rotatable bonds is 24. The first-order valence-electron chi connectivity index (χ1n) is 47.1. The highest BCUT2D eigenvalue weighted by atomic mass is 79.9. The number of hydrogen-bond acceptors (Lipinski definition) is 25. The first-order chi connectivity index (χ1) is 66.9. The van der Waals surface area contributed by atoms with Gasteiger partial charge in [-0.2, -0.15) is 0 Å². The number of hydrogen-bond donors (Lipinski definition) is 4. The topological polar surface area (TPSA) is 347 Å². The van der Waals surface area contributed by atoms with E-state index in [-0.39, 0.29) is 117 Å². The Bertz CT molecular complexity index is 4920. The maximum atomic E-state index is 12.6. The van der Waals surface area contributed by atoms with E-state index in [0.29, 0.717) is 5.33 Å². The summed E-state index contributed by atoms with van der Waals surface area (Å²) in [6.07, 6.45) is 4.07. The lowest BCUT2D eigenvalue weighted by molar-refractivity contribution is -0.152. The molecule has 140 heavy (non-hydrogen) atoms. The van der Waals surface area contributed by atoms with Gasteiger partial charge in [0.2, 0.25) is 0 Å². The molecule has 4 amide bonds. The summed E-state index contributed by atoms with van der Waals surface area (Å²) in [6.45, 7) is 27.9. The largest absolute Gasteiger partial charge is 0.480 e. The molecule has 8 aromatic rings. The highest BCUT2D eigenvalue weighted by Gasteiger charge is 2.39. The summed E-state index contributed by atoms with van der Waals surface area (Å²) in [4.78, 5) is 139. The maximum Gasteiger partial charge on any atom is 0.410 e. The van der Waals surface area contributed by atoms with Gasteiger partial charge in [-0.05, 0) is 177 Å². The molecule has 0 radical (unpaired) electrons. The molecule has 0 aliphatic carbocycles. The van der Waals surface area contributed by atoms with E-state index in [0.717, 1.165) is 117 Å². The van der Waals surface area contributed by atoms with Gasteiger partial charge in [-0.15, -0.1) is 0 Å². The molecule has 12 rings (SSSR count). The molecule has 0 saturated carbocycles. The Morgan fingerprint density at radius 2 is 0.879 bits per heavy atom. The third-order valence-electron chi connectivity index (χ3n) is 21.4. The highest BCUT2D eigenvalue weighted by molar-refractivity contribution is 9.10. The molecule has 5 unspecified atom stereocenters. The number of carboxylic acids is 1. The number of carboxylic acid groups (broad SMARTS) is 1. The zero-order valence-corrected chi connectivity index (χ0v) is 88.2. The predicted octanol–water partition coefficient (Wildman–Crippen LogP) is 17.8. The van der Waals surface area contributed by atoms with Crippen LogP contribution in [-0.2, 0) is 111 Å². The molecule has 764 valence electrons. The fraction of sp³-hybridized carbons (Fsp3) is 0.467. The van der Waals surface area contributed by atoms with Gasteiger partial charge in [0.1, 0.15) is 59.0 Å². The van der Waals surface area contributed by atoms with Gasteiger partial charge in [-0.25, -0.2) is 28.8 Å². The van der Waals surface area contributed by atoms with Gasteiger partial charge in [0.05, 0.1) is 33.8 Å². The second-order valence-corrected chi connectivity index (χ2v) is 38.3. The minimum atomic E-state index is -1.13. The lowest BCUT2D eigenvalue weighted by Gasteiger charge is -2.27. The summed E-state index contributed by atoms with van der Waals surface area (Å²) in [6, 6.07) is 72.2. The third-order valence-corrected chi connectivity index (χ3v) is 23.2. The average Bonchev–Trinajstić information content (AvgIpc) is 1.55. The minimum absolute atomic E-state index is 0.0539. The summed E-state index contributed by atoms with van der Waals surface area (Å²) in [5.74, 6) is -2.27. The molecule has 33 heteroatoms. The van der Waals surface area contributed by atoms with E-state index in [2.05, 4.69) is 180 Å². The quantitative estimate of drug-likeness (QED) is 0.0143. The minimum Gasteiger partial charge on any atom is -0.480 e. The van der Waals surface area contributed by atoms with E-state index in [1.807, 2.05) is 148 Å². The SMILES string of the molecule is CC(=O)OC(C)(C)C.CC(C)(C)OC(=O)N1CCC(C(=O)O)N(C(=O)OCc2ccccc2)CC1.COC(=O)C(Br)CCBr.COC(=O)C1CCN(C(=O)OC(C)(C)C)CCN1C(=O)OCc1ccccc1.COC(=O)C1CCN(Cc2ccccc2)CCN1Cc1ccccc1.COC(=O)C1CCNCCN1.O=C(CBr)c1ccc2ccccc2c1.c1ccc(CCCCNCc2ccccc2)cc1. The van der Waals surface area contributed by atoms with Crippen LogP contribution in [0.1, 0.15) is 158 Å². The van der Waals surface area contributed by atoms with Crippen molar-refractivity contribution in [3.05, 3.63) is 263 Å². The van der Waals surface area contributed by atoms with Crippen molar-refractivity contribution in [3.63, 3.8) is 0 Å². The third kappa shape index (κ3) is 48.8. The summed E-state index contributed by atoms with van der Waals surface area (Å²) in [7, 11) is 5.55. The van der Waals surface area contributed by atoms with Crippen molar-refractivity contribution >= 4 is 125 Å². The number of halogens is 3. The summed E-state index contributed by atoms with van der Waals surface area (Å²) in [5.41, 5.74) is 6.16. The molecular formula is C107H144Br3N9O21. The zero-order chi connectivity index (χ0) is 103. The molecule has 4 aliphatic heterocycles. The molecule has 4 fully saturated rings. The van der Waals surface area contributed by atoms with Gasteiger partial charge in [0, 0.05) is 109 Å². The zero-order valence-electron chi connectivity index (χ0n) is 83.5. The molecule has 8 aromatic carbocycles. The molecule has 0 bridgehead atoms. The Kier molecular flexibility index (Phi) is 56.0. The number of methoxy groups -OCH3 is 4. The number of nitrogens with one attached hydrogen (secondary N) is 3. The number of benzene rings is 8. The van der Waals surface area contributed by atoms with Crippen molar-refractivity contribution < 1.29 is 100 Å². The standard InChI is InChI=1S/C21H26N2O2.C20H28N2O6.C19H26N2O6.C17H21N.C12H9BrO.C7H14N2O2.C6H12O2.C5H8Br2O2/c1-25-21(24)20-12-13-22(16-18-8-4-2-5-9-18)14-15-23(20)17-19-10-6-3-7-11-19;1-20(2,3)28-18(24)21-11-10-16(17(23)26-4)22(13-12-21)19(25)27-14-15-8-6-5-7-9-15;1-19(2,3)27-17(24)20-10-9-15(16(22)23)21(12-11-20)18(25)26-13-14-7-5-4-6-8-14;1-3-9-16(10-4-1)11-7-8-14-18-15-17-12-5-2-6-13-17;13-8-12(14)11-6-5-9-3-1-2-4-10(9)7-11;1-11-7(10)6-2-3-8-4-5-9-6;1-5(7)8-6(2,3)4;1-9-5(8)4(7)2-3-6/h2-11,20H,12-17H2,1H3;5-9,16H,10-14H2,1-4H3;4-8,15H,9-13H2,1-3H3,(H,22,23);1-6,9-10,12-13,18H,7-8,11,14-15H2;1-7H,8H2;6,8-9H,2-5H2,1H3;1-4H3;4H,2-3H2,1H3. The number of unbranched alkanes of at least 4 members (excludes halogenated alkanes) is 1. The number of ether oxygens (including phenoxy) is 9. The number of Topliss-reactive ketones (excluding diaryl/α,β-unsaturated/α-hetero) is 1. The van der Waals surface area contributed by atoms with Crippen LogP contribution in [0.4, 0.5) is 19.2 Å². The predicted molar refractivity (Wildman–Crippen MR) is 553 cm³/mol. The number of aryl methyl sites for hydroxylation is 1. The van der Waals surface area contributed by atoms with Crippen molar-refractivity contribution in [2.24, 2.45) is 0 Å². The Hall–Kier alpha value is -11.2. The van der Waals surface area contributed by atoms with Gasteiger partial charge in [0.25, 0.3) is 0 Å². The van der Waals surface area contributed by atoms with Crippen molar-refractivity contribution in [3.8, 4) is 0 Å². The Morgan fingerprint density at radius 1 is 0.436 bits per heavy atom. The number of aliphatic carboxylic acids is 1. The number of nitrogens with zero attached hydrogens (tertiary/aromatic N) is 6. The molecule has 4 heterocycles. The lowest BCUT2D eigenvalue weighted by Crippen LogP contribution is -2.46. The number of ketones is 1. The number of carbonyl (C=O) groups excluding carboxylic acids is 10. The number of fused-ring (bicyclic) bond motifs is 1. The Morgan fingerprint density at radius 3 is 1.34 bits per heavy atom. The van der Waals surface area contributed by atoms with Crippen LogP contribution in [0, 0.1) is 0 Å². The van der Waals surface area contributed by atoms with Gasteiger partial charge < -0.3 is 73.5 Å². The van der Waals surface area contributed by atoms with E-state index < -0.39 is 59.6 Å². The highest BCUT2D eigenvalue weighted by Crippen LogP contribution is 2.24. The van der Waals surface area contributed by atoms with Crippen molar-refractivity contribution in [1.29, 1.82) is 0 Å². The van der Waals surface area contributed by atoms with Crippen LogP contribution in [0.2, 0.25) is 0 Å². The second kappa shape index (κ2) is 65.8. The molecule has 4 N–H and O–H groups in total. The van der Waals surface area contributed by atoms with Crippen molar-refractivity contribution in [2.45, 2.75) is 199 Å². The van der Waals surface area contributed by atoms with E-state index in [1.54, 1.807) is 41.5 Å². The summed E-state index contributed by atoms with van der Waals surface area (Å²) >= 11 is 9.53.